The van der Waals surface area contributed by atoms with Gasteiger partial charge in [-0.1, -0.05) is 6.42 Å². The molecule has 0 bridgehead atoms. The summed E-state index contributed by atoms with van der Waals surface area (Å²) in [6.45, 7) is 1.93. The van der Waals surface area contributed by atoms with Crippen molar-refractivity contribution in [3.8, 4) is 0 Å². The molecular weight excluding hydrogens is 244 g/mol. The van der Waals surface area contributed by atoms with Crippen molar-refractivity contribution in [1.82, 2.24) is 9.78 Å². The van der Waals surface area contributed by atoms with Gasteiger partial charge in [0.1, 0.15) is 5.82 Å². The maximum Gasteiger partial charge on any atom is 0.264 e. The SMILES string of the molecule is CC(CCCCS(=O)(=O)O)n1ncc(N)c1N. The van der Waals surface area contributed by atoms with Crippen LogP contribution in [-0.2, 0) is 10.1 Å². The lowest BCUT2D eigenvalue weighted by Crippen LogP contribution is -2.11. The van der Waals surface area contributed by atoms with E-state index in [2.05, 4.69) is 5.10 Å². The molecule has 0 aliphatic heterocycles. The fraction of sp³-hybridized carbons (Fsp3) is 0.667. The van der Waals surface area contributed by atoms with E-state index in [4.69, 9.17) is 16.0 Å². The van der Waals surface area contributed by atoms with E-state index >= 15 is 0 Å². The Morgan fingerprint density at radius 2 is 2.12 bits per heavy atom. The predicted octanol–water partition coefficient (Wildman–Crippen LogP) is 0.667. The van der Waals surface area contributed by atoms with Crippen LogP contribution in [0.1, 0.15) is 32.2 Å². The Labute approximate surface area is 101 Å². The van der Waals surface area contributed by atoms with Crippen molar-refractivity contribution in [2.24, 2.45) is 0 Å². The molecule has 0 saturated heterocycles. The predicted molar refractivity (Wildman–Crippen MR) is 66.0 cm³/mol. The van der Waals surface area contributed by atoms with Crippen molar-refractivity contribution < 1.29 is 13.0 Å². The second-order valence-corrected chi connectivity index (χ2v) is 5.63. The van der Waals surface area contributed by atoms with Gasteiger partial charge in [-0.2, -0.15) is 13.5 Å². The Balaban J connectivity index is 2.40. The average Bonchev–Trinajstić information content (AvgIpc) is 2.53. The zero-order chi connectivity index (χ0) is 13.1. The summed E-state index contributed by atoms with van der Waals surface area (Å²) in [5, 5.41) is 4.04. The topological polar surface area (TPSA) is 124 Å². The van der Waals surface area contributed by atoms with E-state index < -0.39 is 10.1 Å². The van der Waals surface area contributed by atoms with Crippen LogP contribution in [0.25, 0.3) is 0 Å². The molecule has 1 rings (SSSR count). The van der Waals surface area contributed by atoms with E-state index in [0.717, 1.165) is 6.42 Å². The zero-order valence-electron chi connectivity index (χ0n) is 9.70. The number of anilines is 2. The molecule has 1 aromatic heterocycles. The summed E-state index contributed by atoms with van der Waals surface area (Å²) in [7, 11) is -3.86. The largest absolute Gasteiger partial charge is 0.394 e. The van der Waals surface area contributed by atoms with Gasteiger partial charge in [-0.05, 0) is 19.8 Å². The highest BCUT2D eigenvalue weighted by Crippen LogP contribution is 2.21. The Hall–Kier alpha value is -1.28. The van der Waals surface area contributed by atoms with E-state index in [1.54, 1.807) is 4.68 Å². The molecule has 5 N–H and O–H groups in total. The number of hydrogen-bond acceptors (Lipinski definition) is 5. The minimum Gasteiger partial charge on any atom is -0.394 e. The smallest absolute Gasteiger partial charge is 0.264 e. The molecule has 1 aromatic rings. The normalized spacial score (nSPS) is 13.8. The Bertz CT molecular complexity index is 469. The van der Waals surface area contributed by atoms with Crippen molar-refractivity contribution in [2.75, 3.05) is 17.2 Å². The molecule has 1 atom stereocenters. The first-order chi connectivity index (χ1) is 7.81. The summed E-state index contributed by atoms with van der Waals surface area (Å²) in [5.74, 6) is 0.212. The number of nitrogens with zero attached hydrogens (tertiary/aromatic N) is 2. The minimum atomic E-state index is -3.86. The van der Waals surface area contributed by atoms with Gasteiger partial charge in [0.25, 0.3) is 10.1 Å². The van der Waals surface area contributed by atoms with Crippen LogP contribution in [0, 0.1) is 0 Å². The molecule has 98 valence electrons. The van der Waals surface area contributed by atoms with E-state index in [0.29, 0.717) is 24.3 Å². The minimum absolute atomic E-state index is 0.0497. The lowest BCUT2D eigenvalue weighted by molar-refractivity contribution is 0.443. The molecule has 17 heavy (non-hydrogen) atoms. The molecule has 0 aliphatic rings. The molecule has 0 amide bonds. The number of unbranched alkanes of at least 4 members (excludes halogenated alkanes) is 1. The van der Waals surface area contributed by atoms with Gasteiger partial charge in [0.05, 0.1) is 23.7 Å². The Kier molecular flexibility index (Phi) is 4.35. The summed E-state index contributed by atoms with van der Waals surface area (Å²) in [6, 6.07) is 0.0497. The van der Waals surface area contributed by atoms with E-state index in [9.17, 15) is 8.42 Å². The molecule has 0 aromatic carbocycles. The van der Waals surface area contributed by atoms with Gasteiger partial charge in [0, 0.05) is 0 Å². The molecule has 8 heteroatoms. The standard InChI is InChI=1S/C9H18N4O3S/c1-7(4-2-3-5-17(14,15)16)13-9(11)8(10)6-12-13/h6-7H,2-5,10-11H2,1H3,(H,14,15,16). The van der Waals surface area contributed by atoms with E-state index in [-0.39, 0.29) is 11.8 Å². The first-order valence-electron chi connectivity index (χ1n) is 5.35. The third-order valence-electron chi connectivity index (χ3n) is 2.56. The van der Waals surface area contributed by atoms with Crippen molar-refractivity contribution >= 4 is 21.6 Å². The molecule has 0 fully saturated rings. The molecule has 0 radical (unpaired) electrons. The summed E-state index contributed by atoms with van der Waals surface area (Å²) in [4.78, 5) is 0. The fourth-order valence-corrected chi connectivity index (χ4v) is 2.15. The number of nitrogen functional groups attached to an aromatic ring is 2. The van der Waals surface area contributed by atoms with Crippen molar-refractivity contribution in [1.29, 1.82) is 0 Å². The van der Waals surface area contributed by atoms with E-state index in [1.807, 2.05) is 6.92 Å². The van der Waals surface area contributed by atoms with Gasteiger partial charge >= 0.3 is 0 Å². The van der Waals surface area contributed by atoms with Crippen LogP contribution in [0.5, 0.6) is 0 Å². The van der Waals surface area contributed by atoms with Crippen LogP contribution >= 0.6 is 0 Å². The lowest BCUT2D eigenvalue weighted by Gasteiger charge is -2.13. The van der Waals surface area contributed by atoms with Crippen LogP contribution in [0.15, 0.2) is 6.20 Å². The van der Waals surface area contributed by atoms with Crippen LogP contribution in [-0.4, -0.2) is 28.5 Å². The van der Waals surface area contributed by atoms with E-state index in [1.165, 1.54) is 6.20 Å². The van der Waals surface area contributed by atoms with Gasteiger partial charge in [-0.25, -0.2) is 4.68 Å². The molecule has 0 aliphatic carbocycles. The second kappa shape index (κ2) is 5.37. The lowest BCUT2D eigenvalue weighted by atomic mass is 10.1. The Morgan fingerprint density at radius 3 is 2.59 bits per heavy atom. The number of nitrogens with two attached hydrogens (primary N) is 2. The molecule has 0 saturated carbocycles. The number of aromatic nitrogens is 2. The number of rotatable bonds is 6. The zero-order valence-corrected chi connectivity index (χ0v) is 10.5. The summed E-state index contributed by atoms with van der Waals surface area (Å²) in [5.41, 5.74) is 11.7. The average molecular weight is 262 g/mol. The van der Waals surface area contributed by atoms with Gasteiger partial charge in [-0.15, -0.1) is 0 Å². The van der Waals surface area contributed by atoms with Crippen LogP contribution in [0.3, 0.4) is 0 Å². The van der Waals surface area contributed by atoms with Crippen LogP contribution in [0.2, 0.25) is 0 Å². The van der Waals surface area contributed by atoms with Crippen LogP contribution < -0.4 is 11.5 Å². The highest BCUT2D eigenvalue weighted by Gasteiger charge is 2.11. The second-order valence-electron chi connectivity index (χ2n) is 4.06. The molecule has 1 unspecified atom stereocenters. The maximum atomic E-state index is 10.5. The number of hydrogen-bond donors (Lipinski definition) is 3. The highest BCUT2D eigenvalue weighted by molar-refractivity contribution is 7.85. The maximum absolute atomic E-state index is 10.5. The van der Waals surface area contributed by atoms with Gasteiger partial charge in [0.15, 0.2) is 0 Å². The van der Waals surface area contributed by atoms with Crippen LogP contribution in [0.4, 0.5) is 11.5 Å². The Morgan fingerprint density at radius 1 is 1.47 bits per heavy atom. The molecule has 7 nitrogen and oxygen atoms in total. The van der Waals surface area contributed by atoms with Gasteiger partial charge < -0.3 is 11.5 Å². The van der Waals surface area contributed by atoms with Crippen molar-refractivity contribution in [2.45, 2.75) is 32.2 Å². The van der Waals surface area contributed by atoms with Gasteiger partial charge in [-0.3, -0.25) is 4.55 Å². The quantitative estimate of drug-likeness (QED) is 0.511. The molecular formula is C9H18N4O3S. The molecule has 1 heterocycles. The van der Waals surface area contributed by atoms with Gasteiger partial charge in [0.2, 0.25) is 0 Å². The monoisotopic (exact) mass is 262 g/mol. The van der Waals surface area contributed by atoms with Crippen molar-refractivity contribution in [3.05, 3.63) is 6.20 Å². The molecule has 0 spiro atoms. The third kappa shape index (κ3) is 4.23. The third-order valence-corrected chi connectivity index (χ3v) is 3.36. The fourth-order valence-electron chi connectivity index (χ4n) is 1.58. The summed E-state index contributed by atoms with van der Waals surface area (Å²) >= 11 is 0. The summed E-state index contributed by atoms with van der Waals surface area (Å²) in [6.07, 6.45) is 3.30. The van der Waals surface area contributed by atoms with Crippen molar-refractivity contribution in [3.63, 3.8) is 0 Å². The first-order valence-corrected chi connectivity index (χ1v) is 6.96. The first kappa shape index (κ1) is 13.8. The summed E-state index contributed by atoms with van der Waals surface area (Å²) < 4.78 is 31.2. The highest BCUT2D eigenvalue weighted by atomic mass is 32.2.